The Morgan fingerprint density at radius 1 is 1.24 bits per heavy atom. The third kappa shape index (κ3) is 2.91. The summed E-state index contributed by atoms with van der Waals surface area (Å²) < 4.78 is 0. The summed E-state index contributed by atoms with van der Waals surface area (Å²) in [7, 11) is 0. The van der Waals surface area contributed by atoms with Crippen LogP contribution in [-0.2, 0) is 6.54 Å². The van der Waals surface area contributed by atoms with Crippen molar-refractivity contribution in [2.75, 3.05) is 0 Å². The predicted octanol–water partition coefficient (Wildman–Crippen LogP) is 2.71. The Hall–Kier alpha value is -2.16. The number of benzene rings is 1. The number of phenolic OH excluding ortho intramolecular Hbond substituents is 1. The van der Waals surface area contributed by atoms with E-state index in [1.807, 2.05) is 43.3 Å². The van der Waals surface area contributed by atoms with E-state index in [9.17, 15) is 5.11 Å². The van der Waals surface area contributed by atoms with Crippen LogP contribution in [0, 0.1) is 6.92 Å². The molecule has 0 saturated carbocycles. The lowest BCUT2D eigenvalue weighted by atomic mass is 10.1. The Morgan fingerprint density at radius 3 is 2.88 bits per heavy atom. The molecule has 3 nitrogen and oxygen atoms in total. The zero-order valence-electron chi connectivity index (χ0n) is 9.67. The van der Waals surface area contributed by atoms with Crippen molar-refractivity contribution in [3.8, 4) is 5.75 Å². The minimum atomic E-state index is 0.289. The van der Waals surface area contributed by atoms with Crippen LogP contribution in [0.2, 0.25) is 0 Å². The van der Waals surface area contributed by atoms with Gasteiger partial charge in [-0.1, -0.05) is 18.2 Å². The summed E-state index contributed by atoms with van der Waals surface area (Å²) in [5.74, 6) is 0.289. The van der Waals surface area contributed by atoms with E-state index >= 15 is 0 Å². The molecule has 0 aliphatic carbocycles. The van der Waals surface area contributed by atoms with Crippen LogP contribution in [0.1, 0.15) is 16.8 Å². The topological polar surface area (TPSA) is 45.5 Å². The minimum Gasteiger partial charge on any atom is -0.507 e. The maximum absolute atomic E-state index is 9.79. The number of phenols is 1. The molecule has 0 saturated heterocycles. The van der Waals surface area contributed by atoms with Crippen molar-refractivity contribution in [3.05, 3.63) is 59.4 Å². The van der Waals surface area contributed by atoms with Gasteiger partial charge < -0.3 is 5.11 Å². The Kier molecular flexibility index (Phi) is 3.50. The second-order valence-corrected chi connectivity index (χ2v) is 3.80. The first-order valence-corrected chi connectivity index (χ1v) is 5.45. The van der Waals surface area contributed by atoms with E-state index in [2.05, 4.69) is 9.98 Å². The highest BCUT2D eigenvalue weighted by Crippen LogP contribution is 2.19. The number of aromatic hydroxyl groups is 1. The molecule has 0 aliphatic heterocycles. The summed E-state index contributed by atoms with van der Waals surface area (Å²) in [5.41, 5.74) is 2.50. The van der Waals surface area contributed by atoms with Gasteiger partial charge in [-0.2, -0.15) is 0 Å². The average molecular weight is 226 g/mol. The highest BCUT2D eigenvalue weighted by molar-refractivity contribution is 5.83. The number of hydrogen-bond acceptors (Lipinski definition) is 3. The minimum absolute atomic E-state index is 0.289. The number of aryl methyl sites for hydroxylation is 1. The molecule has 2 rings (SSSR count). The van der Waals surface area contributed by atoms with Gasteiger partial charge in [0, 0.05) is 18.0 Å². The number of aromatic nitrogens is 1. The molecule has 3 heteroatoms. The summed E-state index contributed by atoms with van der Waals surface area (Å²) in [6, 6.07) is 11.3. The van der Waals surface area contributed by atoms with Crippen LogP contribution in [0.25, 0.3) is 0 Å². The molecule has 0 spiro atoms. The quantitative estimate of drug-likeness (QED) is 0.818. The Morgan fingerprint density at radius 2 is 2.12 bits per heavy atom. The lowest BCUT2D eigenvalue weighted by Gasteiger charge is -2.01. The van der Waals surface area contributed by atoms with Gasteiger partial charge in [-0.25, -0.2) is 0 Å². The van der Waals surface area contributed by atoms with Gasteiger partial charge >= 0.3 is 0 Å². The van der Waals surface area contributed by atoms with Crippen molar-refractivity contribution in [3.63, 3.8) is 0 Å². The van der Waals surface area contributed by atoms with Gasteiger partial charge in [0.1, 0.15) is 5.75 Å². The van der Waals surface area contributed by atoms with Crippen LogP contribution in [-0.4, -0.2) is 16.3 Å². The van der Waals surface area contributed by atoms with Crippen molar-refractivity contribution < 1.29 is 5.11 Å². The van der Waals surface area contributed by atoms with Crippen molar-refractivity contribution in [2.45, 2.75) is 13.5 Å². The normalized spacial score (nSPS) is 10.9. The zero-order valence-corrected chi connectivity index (χ0v) is 9.67. The lowest BCUT2D eigenvalue weighted by Crippen LogP contribution is -1.88. The first-order chi connectivity index (χ1) is 8.27. The van der Waals surface area contributed by atoms with Gasteiger partial charge in [0.2, 0.25) is 0 Å². The highest BCUT2D eigenvalue weighted by Gasteiger charge is 1.99. The highest BCUT2D eigenvalue weighted by atomic mass is 16.3. The lowest BCUT2D eigenvalue weighted by molar-refractivity contribution is 0.470. The van der Waals surface area contributed by atoms with Gasteiger partial charge in [-0.05, 0) is 30.7 Å². The van der Waals surface area contributed by atoms with Gasteiger partial charge in [0.05, 0.1) is 12.2 Å². The molecule has 0 unspecified atom stereocenters. The molecule has 0 radical (unpaired) electrons. The molecular weight excluding hydrogens is 212 g/mol. The maximum atomic E-state index is 9.79. The van der Waals surface area contributed by atoms with E-state index < -0.39 is 0 Å². The molecule has 1 N–H and O–H groups in total. The number of pyridine rings is 1. The van der Waals surface area contributed by atoms with Crippen LogP contribution in [0.5, 0.6) is 5.75 Å². The fourth-order valence-electron chi connectivity index (χ4n) is 1.52. The first kappa shape index (κ1) is 11.3. The summed E-state index contributed by atoms with van der Waals surface area (Å²) in [6.45, 7) is 2.39. The Balaban J connectivity index is 2.09. The molecule has 1 heterocycles. The van der Waals surface area contributed by atoms with Crippen LogP contribution in [0.3, 0.4) is 0 Å². The standard InChI is InChI=1S/C14H14N2O/c1-11-5-4-6-12(14(11)17)9-15-10-13-7-2-3-8-16-13/h2-9,17H,10H2,1H3. The van der Waals surface area contributed by atoms with E-state index in [0.717, 1.165) is 16.8 Å². The van der Waals surface area contributed by atoms with E-state index in [4.69, 9.17) is 0 Å². The van der Waals surface area contributed by atoms with Gasteiger partial charge in [0.25, 0.3) is 0 Å². The van der Waals surface area contributed by atoms with Crippen LogP contribution >= 0.6 is 0 Å². The summed E-state index contributed by atoms with van der Waals surface area (Å²) in [5, 5.41) is 9.79. The van der Waals surface area contributed by atoms with E-state index in [1.165, 1.54) is 0 Å². The largest absolute Gasteiger partial charge is 0.507 e. The molecule has 17 heavy (non-hydrogen) atoms. The smallest absolute Gasteiger partial charge is 0.127 e. The third-order valence-corrected chi connectivity index (χ3v) is 2.48. The fourth-order valence-corrected chi connectivity index (χ4v) is 1.52. The van der Waals surface area contributed by atoms with Crippen molar-refractivity contribution in [1.82, 2.24) is 4.98 Å². The Bertz CT molecular complexity index is 521. The molecular formula is C14H14N2O. The fraction of sp³-hybridized carbons (Fsp3) is 0.143. The maximum Gasteiger partial charge on any atom is 0.127 e. The number of hydrogen-bond donors (Lipinski definition) is 1. The number of para-hydroxylation sites is 1. The molecule has 0 aliphatic rings. The third-order valence-electron chi connectivity index (χ3n) is 2.48. The SMILES string of the molecule is Cc1cccc(C=NCc2ccccn2)c1O. The van der Waals surface area contributed by atoms with Crippen molar-refractivity contribution >= 4 is 6.21 Å². The van der Waals surface area contributed by atoms with E-state index in [-0.39, 0.29) is 5.75 Å². The second-order valence-electron chi connectivity index (χ2n) is 3.80. The Labute approximate surface area is 100 Å². The summed E-state index contributed by atoms with van der Waals surface area (Å²) >= 11 is 0. The monoisotopic (exact) mass is 226 g/mol. The molecule has 2 aromatic rings. The summed E-state index contributed by atoms with van der Waals surface area (Å²) in [4.78, 5) is 8.44. The van der Waals surface area contributed by atoms with E-state index in [1.54, 1.807) is 12.4 Å². The summed E-state index contributed by atoms with van der Waals surface area (Å²) in [6.07, 6.45) is 3.42. The van der Waals surface area contributed by atoms with Gasteiger partial charge in [-0.15, -0.1) is 0 Å². The number of rotatable bonds is 3. The predicted molar refractivity (Wildman–Crippen MR) is 68.4 cm³/mol. The molecule has 0 amide bonds. The van der Waals surface area contributed by atoms with Crippen molar-refractivity contribution in [1.29, 1.82) is 0 Å². The molecule has 0 fully saturated rings. The molecule has 0 bridgehead atoms. The second kappa shape index (κ2) is 5.25. The zero-order chi connectivity index (χ0) is 12.1. The van der Waals surface area contributed by atoms with Gasteiger partial charge in [-0.3, -0.25) is 9.98 Å². The molecule has 1 aromatic heterocycles. The van der Waals surface area contributed by atoms with Crippen molar-refractivity contribution in [2.24, 2.45) is 4.99 Å². The van der Waals surface area contributed by atoms with Crippen LogP contribution < -0.4 is 0 Å². The number of nitrogens with zero attached hydrogens (tertiary/aromatic N) is 2. The van der Waals surface area contributed by atoms with Crippen LogP contribution in [0.4, 0.5) is 0 Å². The average Bonchev–Trinajstić information content (AvgIpc) is 2.36. The molecule has 1 aromatic carbocycles. The number of aliphatic imine (C=N–C) groups is 1. The van der Waals surface area contributed by atoms with E-state index in [0.29, 0.717) is 6.54 Å². The first-order valence-electron chi connectivity index (χ1n) is 5.45. The molecule has 86 valence electrons. The van der Waals surface area contributed by atoms with Crippen LogP contribution in [0.15, 0.2) is 47.6 Å². The van der Waals surface area contributed by atoms with Gasteiger partial charge in [0.15, 0.2) is 0 Å². The molecule has 0 atom stereocenters.